The van der Waals surface area contributed by atoms with Crippen LogP contribution in [0.3, 0.4) is 0 Å². The van der Waals surface area contributed by atoms with E-state index in [2.05, 4.69) is 72.5 Å². The van der Waals surface area contributed by atoms with Gasteiger partial charge in [-0.25, -0.2) is 9.97 Å². The Balaban J connectivity index is 2.60. The van der Waals surface area contributed by atoms with Crippen LogP contribution in [0, 0.1) is 27.7 Å². The fraction of sp³-hybridized carbons (Fsp3) is 0.407. The van der Waals surface area contributed by atoms with Crippen LogP contribution in [0.4, 0.5) is 0 Å². The van der Waals surface area contributed by atoms with Gasteiger partial charge >= 0.3 is 0 Å². The van der Waals surface area contributed by atoms with E-state index in [9.17, 15) is 0 Å². The molecule has 0 spiro atoms. The molecule has 2 nitrogen and oxygen atoms in total. The quantitative estimate of drug-likeness (QED) is 0.425. The first-order valence-electron chi connectivity index (χ1n) is 10.9. The highest BCUT2D eigenvalue weighted by molar-refractivity contribution is 6.38. The van der Waals surface area contributed by atoms with Crippen LogP contribution in [0.25, 0.3) is 27.6 Å². The summed E-state index contributed by atoms with van der Waals surface area (Å²) in [5.41, 5.74) is 13.4. The van der Waals surface area contributed by atoms with Crippen LogP contribution in [-0.4, -0.2) is 9.97 Å². The highest BCUT2D eigenvalue weighted by atomic mass is 35.5. The molecule has 0 aliphatic rings. The number of hydrogen-bond acceptors (Lipinski definition) is 2. The molecule has 2 aromatic carbocycles. The lowest BCUT2D eigenvalue weighted by atomic mass is 9.83. The molecule has 30 heavy (non-hydrogen) atoms. The third kappa shape index (κ3) is 3.56. The number of aromatic nitrogens is 2. The second kappa shape index (κ2) is 8.51. The lowest BCUT2D eigenvalue weighted by Gasteiger charge is -2.23. The van der Waals surface area contributed by atoms with Crippen LogP contribution in [0.15, 0.2) is 17.7 Å². The molecular formula is C27H33ClN2. The van der Waals surface area contributed by atoms with E-state index in [4.69, 9.17) is 16.6 Å². The Morgan fingerprint density at radius 2 is 1.53 bits per heavy atom. The van der Waals surface area contributed by atoms with Gasteiger partial charge in [0, 0.05) is 16.6 Å². The molecule has 1 aromatic heterocycles. The van der Waals surface area contributed by atoms with Crippen LogP contribution in [0.2, 0.25) is 5.02 Å². The summed E-state index contributed by atoms with van der Waals surface area (Å²) in [5, 5.41) is 1.87. The van der Waals surface area contributed by atoms with Crippen molar-refractivity contribution in [2.45, 2.75) is 75.2 Å². The molecule has 0 aliphatic heterocycles. The summed E-state index contributed by atoms with van der Waals surface area (Å²) in [6, 6.07) is 4.46. The Kier molecular flexibility index (Phi) is 6.38. The predicted octanol–water partition coefficient (Wildman–Crippen LogP) is 8.12. The van der Waals surface area contributed by atoms with Gasteiger partial charge in [0.1, 0.15) is 5.82 Å². The van der Waals surface area contributed by atoms with Gasteiger partial charge < -0.3 is 0 Å². The van der Waals surface area contributed by atoms with E-state index in [1.807, 2.05) is 6.92 Å². The van der Waals surface area contributed by atoms with E-state index in [1.165, 1.54) is 44.5 Å². The first-order chi connectivity index (χ1) is 14.1. The molecule has 3 rings (SSSR count). The number of fused-ring (bicyclic) bond motifs is 1. The predicted molar refractivity (Wildman–Crippen MR) is 132 cm³/mol. The van der Waals surface area contributed by atoms with Gasteiger partial charge in [-0.15, -0.1) is 0 Å². The number of halogens is 1. The summed E-state index contributed by atoms with van der Waals surface area (Å²) >= 11 is 7.17. The van der Waals surface area contributed by atoms with Gasteiger partial charge in [0.25, 0.3) is 0 Å². The molecule has 0 atom stereocenters. The van der Waals surface area contributed by atoms with E-state index in [0.717, 1.165) is 45.8 Å². The third-order valence-electron chi connectivity index (χ3n) is 6.43. The first kappa shape index (κ1) is 22.5. The van der Waals surface area contributed by atoms with Crippen LogP contribution < -0.4 is 0 Å². The number of rotatable bonds is 4. The molecule has 0 amide bonds. The van der Waals surface area contributed by atoms with E-state index in [0.29, 0.717) is 0 Å². The minimum absolute atomic E-state index is 0.749. The molecule has 0 saturated carbocycles. The van der Waals surface area contributed by atoms with E-state index >= 15 is 0 Å². The third-order valence-corrected chi connectivity index (χ3v) is 6.80. The minimum Gasteiger partial charge on any atom is -0.238 e. The molecule has 0 N–H and O–H groups in total. The standard InChI is InChI=1S/C27H33ClN2/c1-10-20-21(11-2)25(26(28)27-24(20)18(8)29-19(9)30-27)22-13-12-15(5)17(7)23(22)16(6)14(3)4/h12-13H,10-11H2,1-9H3. The summed E-state index contributed by atoms with van der Waals surface area (Å²) in [7, 11) is 0. The van der Waals surface area contributed by atoms with Crippen LogP contribution >= 0.6 is 11.6 Å². The number of nitrogens with zero attached hydrogens (tertiary/aromatic N) is 2. The van der Waals surface area contributed by atoms with Crippen molar-refractivity contribution < 1.29 is 0 Å². The first-order valence-corrected chi connectivity index (χ1v) is 11.2. The van der Waals surface area contributed by atoms with E-state index in [-0.39, 0.29) is 0 Å². The lowest BCUT2D eigenvalue weighted by Crippen LogP contribution is -2.06. The van der Waals surface area contributed by atoms with Gasteiger partial charge in [-0.1, -0.05) is 43.2 Å². The monoisotopic (exact) mass is 420 g/mol. The van der Waals surface area contributed by atoms with Gasteiger partial charge in [-0.2, -0.15) is 0 Å². The van der Waals surface area contributed by atoms with Crippen LogP contribution in [0.5, 0.6) is 0 Å². The lowest BCUT2D eigenvalue weighted by molar-refractivity contribution is 1.02. The molecular weight excluding hydrogens is 388 g/mol. The topological polar surface area (TPSA) is 25.8 Å². The van der Waals surface area contributed by atoms with Crippen molar-refractivity contribution >= 4 is 28.1 Å². The number of benzene rings is 2. The Morgan fingerprint density at radius 3 is 2.10 bits per heavy atom. The summed E-state index contributed by atoms with van der Waals surface area (Å²) < 4.78 is 0. The summed E-state index contributed by atoms with van der Waals surface area (Å²) in [5.74, 6) is 0.764. The number of aryl methyl sites for hydroxylation is 4. The van der Waals surface area contributed by atoms with Crippen molar-refractivity contribution in [1.82, 2.24) is 9.97 Å². The van der Waals surface area contributed by atoms with Crippen molar-refractivity contribution in [2.75, 3.05) is 0 Å². The average molecular weight is 421 g/mol. The Bertz CT molecular complexity index is 1180. The Labute approximate surface area is 186 Å². The highest BCUT2D eigenvalue weighted by Gasteiger charge is 2.24. The molecule has 158 valence electrons. The number of allylic oxidation sites excluding steroid dienone is 2. The van der Waals surface area contributed by atoms with Gasteiger partial charge in [-0.05, 0) is 100 Å². The maximum absolute atomic E-state index is 7.17. The normalized spacial score (nSPS) is 11.3. The molecule has 0 saturated heterocycles. The Hall–Kier alpha value is -2.19. The largest absolute Gasteiger partial charge is 0.238 e. The Morgan fingerprint density at radius 1 is 0.900 bits per heavy atom. The fourth-order valence-electron chi connectivity index (χ4n) is 4.60. The van der Waals surface area contributed by atoms with Gasteiger partial charge in [0.05, 0.1) is 10.5 Å². The van der Waals surface area contributed by atoms with Crippen LogP contribution in [0.1, 0.15) is 74.0 Å². The zero-order valence-electron chi connectivity index (χ0n) is 19.8. The van der Waals surface area contributed by atoms with Crippen molar-refractivity contribution in [3.8, 4) is 11.1 Å². The van der Waals surface area contributed by atoms with Crippen LogP contribution in [-0.2, 0) is 12.8 Å². The van der Waals surface area contributed by atoms with Crippen molar-refractivity contribution in [1.29, 1.82) is 0 Å². The molecule has 0 unspecified atom stereocenters. The molecule has 0 aliphatic carbocycles. The summed E-state index contributed by atoms with van der Waals surface area (Å²) in [6.07, 6.45) is 1.85. The average Bonchev–Trinajstić information content (AvgIpc) is 2.69. The smallest absolute Gasteiger partial charge is 0.126 e. The molecule has 1 heterocycles. The molecule has 0 bridgehead atoms. The zero-order valence-corrected chi connectivity index (χ0v) is 20.6. The zero-order chi connectivity index (χ0) is 22.3. The van der Waals surface area contributed by atoms with E-state index < -0.39 is 0 Å². The molecule has 3 aromatic rings. The second-order valence-corrected chi connectivity index (χ2v) is 8.87. The molecule has 0 radical (unpaired) electrons. The second-order valence-electron chi connectivity index (χ2n) is 8.49. The maximum Gasteiger partial charge on any atom is 0.126 e. The minimum atomic E-state index is 0.749. The number of hydrogen-bond donors (Lipinski definition) is 0. The summed E-state index contributed by atoms with van der Waals surface area (Å²) in [4.78, 5) is 9.45. The van der Waals surface area contributed by atoms with Crippen molar-refractivity contribution in [3.05, 3.63) is 62.1 Å². The summed E-state index contributed by atoms with van der Waals surface area (Å²) in [6.45, 7) is 19.4. The molecule has 0 fully saturated rings. The maximum atomic E-state index is 7.17. The molecule has 3 heteroatoms. The van der Waals surface area contributed by atoms with Crippen molar-refractivity contribution in [2.24, 2.45) is 0 Å². The fourth-order valence-corrected chi connectivity index (χ4v) is 4.96. The van der Waals surface area contributed by atoms with Crippen molar-refractivity contribution in [3.63, 3.8) is 0 Å². The van der Waals surface area contributed by atoms with Gasteiger partial charge in [0.15, 0.2) is 0 Å². The van der Waals surface area contributed by atoms with E-state index in [1.54, 1.807) is 0 Å². The highest BCUT2D eigenvalue weighted by Crippen LogP contribution is 2.44. The van der Waals surface area contributed by atoms with Gasteiger partial charge in [0.2, 0.25) is 0 Å². The van der Waals surface area contributed by atoms with Gasteiger partial charge in [-0.3, -0.25) is 0 Å². The SMILES string of the molecule is CCc1c(-c2ccc(C)c(C)c2C(C)=C(C)C)c(Cl)c2nc(C)nc(C)c2c1CC.